The predicted octanol–water partition coefficient (Wildman–Crippen LogP) is 2.60. The fourth-order valence-corrected chi connectivity index (χ4v) is 4.34. The van der Waals surface area contributed by atoms with E-state index < -0.39 is 33.6 Å². The quantitative estimate of drug-likeness (QED) is 0.494. The molecular weight excluding hydrogens is 434 g/mol. The summed E-state index contributed by atoms with van der Waals surface area (Å²) in [7, 11) is -2.57. The Hall–Kier alpha value is -2.07. The summed E-state index contributed by atoms with van der Waals surface area (Å²) in [5, 5.41) is -0.0433. The van der Waals surface area contributed by atoms with E-state index in [1.165, 1.54) is 43.1 Å². The number of benzene rings is 2. The Balaban J connectivity index is 1.85. The van der Waals surface area contributed by atoms with Gasteiger partial charge in [0.1, 0.15) is 0 Å². The van der Waals surface area contributed by atoms with Crippen LogP contribution in [-0.4, -0.2) is 43.4 Å². The molecule has 156 valence electrons. The van der Waals surface area contributed by atoms with E-state index in [9.17, 15) is 18.0 Å². The second-order valence-electron chi connectivity index (χ2n) is 6.33. The summed E-state index contributed by atoms with van der Waals surface area (Å²) in [5.74, 6) is -1.06. The molecule has 2 aromatic rings. The number of rotatable bonds is 7. The molecule has 0 spiro atoms. The molecular formula is C19H22ClN3O4S2. The van der Waals surface area contributed by atoms with E-state index >= 15 is 0 Å². The normalized spacial score (nSPS) is 12.4. The summed E-state index contributed by atoms with van der Waals surface area (Å²) in [4.78, 5) is 25.2. The molecule has 0 aliphatic rings. The fraction of sp³-hybridized carbons (Fsp3) is 0.263. The van der Waals surface area contributed by atoms with Gasteiger partial charge in [-0.15, -0.1) is 11.8 Å². The molecule has 0 heterocycles. The van der Waals surface area contributed by atoms with Crippen LogP contribution >= 0.6 is 23.4 Å². The minimum Gasteiger partial charge on any atom is -0.272 e. The zero-order chi connectivity index (χ0) is 21.6. The third kappa shape index (κ3) is 6.74. The number of hydrazine groups is 1. The van der Waals surface area contributed by atoms with Crippen LogP contribution in [0.5, 0.6) is 0 Å². The molecule has 0 bridgehead atoms. The summed E-state index contributed by atoms with van der Waals surface area (Å²) in [5.41, 5.74) is 5.68. The lowest BCUT2D eigenvalue weighted by atomic mass is 10.2. The van der Waals surface area contributed by atoms with Crippen LogP contribution in [0.15, 0.2) is 58.3 Å². The molecule has 0 saturated carbocycles. The second kappa shape index (κ2) is 10.1. The molecule has 10 heteroatoms. The lowest BCUT2D eigenvalue weighted by Crippen LogP contribution is -2.48. The molecule has 0 aliphatic carbocycles. The van der Waals surface area contributed by atoms with E-state index in [0.717, 1.165) is 14.8 Å². The van der Waals surface area contributed by atoms with Gasteiger partial charge in [-0.25, -0.2) is 8.42 Å². The highest BCUT2D eigenvalue weighted by Crippen LogP contribution is 2.23. The zero-order valence-electron chi connectivity index (χ0n) is 16.2. The van der Waals surface area contributed by atoms with Crippen molar-refractivity contribution in [3.63, 3.8) is 0 Å². The molecule has 0 aromatic heterocycles. The average molecular weight is 456 g/mol. The molecule has 1 atom stereocenters. The Morgan fingerprint density at radius 3 is 2.24 bits per heavy atom. The third-order valence-corrected chi connectivity index (χ3v) is 7.10. The Morgan fingerprint density at radius 2 is 1.66 bits per heavy atom. The van der Waals surface area contributed by atoms with Gasteiger partial charge in [0.2, 0.25) is 10.0 Å². The van der Waals surface area contributed by atoms with Crippen molar-refractivity contribution in [2.24, 2.45) is 0 Å². The van der Waals surface area contributed by atoms with E-state index in [-0.39, 0.29) is 4.90 Å². The third-order valence-electron chi connectivity index (χ3n) is 3.92. The number of sulfonamides is 1. The number of hydrogen-bond acceptors (Lipinski definition) is 5. The Bertz CT molecular complexity index is 964. The van der Waals surface area contributed by atoms with Crippen molar-refractivity contribution in [3.05, 3.63) is 59.1 Å². The van der Waals surface area contributed by atoms with Crippen LogP contribution in [0.25, 0.3) is 0 Å². The Kier molecular flexibility index (Phi) is 8.09. The molecule has 7 nitrogen and oxygen atoms in total. The number of nitrogens with one attached hydrogen (secondary N) is 2. The summed E-state index contributed by atoms with van der Waals surface area (Å²) in [6, 6.07) is 13.4. The number of hydrogen-bond donors (Lipinski definition) is 2. The van der Waals surface area contributed by atoms with Gasteiger partial charge in [-0.1, -0.05) is 29.3 Å². The van der Waals surface area contributed by atoms with Crippen LogP contribution < -0.4 is 10.9 Å². The van der Waals surface area contributed by atoms with Gasteiger partial charge in [-0.3, -0.25) is 20.4 Å². The first-order valence-corrected chi connectivity index (χ1v) is 11.3. The summed E-state index contributed by atoms with van der Waals surface area (Å²) in [6.07, 6.45) is 0. The summed E-state index contributed by atoms with van der Waals surface area (Å²) < 4.78 is 25.8. The van der Waals surface area contributed by atoms with Crippen LogP contribution in [0.4, 0.5) is 0 Å². The van der Waals surface area contributed by atoms with Gasteiger partial charge in [-0.2, -0.15) is 4.31 Å². The van der Waals surface area contributed by atoms with Gasteiger partial charge in [0.15, 0.2) is 0 Å². The van der Waals surface area contributed by atoms with Crippen molar-refractivity contribution >= 4 is 45.2 Å². The Labute approximate surface area is 179 Å². The van der Waals surface area contributed by atoms with E-state index in [0.29, 0.717) is 5.02 Å². The molecule has 0 radical (unpaired) electrons. The number of halogens is 1. The largest absolute Gasteiger partial charge is 0.272 e. The smallest absolute Gasteiger partial charge is 0.253 e. The van der Waals surface area contributed by atoms with E-state index in [1.807, 2.05) is 31.2 Å². The molecule has 2 aromatic carbocycles. The van der Waals surface area contributed by atoms with Crippen molar-refractivity contribution in [1.29, 1.82) is 0 Å². The number of amides is 2. The first-order chi connectivity index (χ1) is 13.6. The first-order valence-electron chi connectivity index (χ1n) is 8.63. The highest BCUT2D eigenvalue weighted by atomic mass is 35.5. The summed E-state index contributed by atoms with van der Waals surface area (Å²) in [6.45, 7) is 3.23. The molecule has 0 unspecified atom stereocenters. The van der Waals surface area contributed by atoms with Crippen molar-refractivity contribution in [2.45, 2.75) is 28.9 Å². The average Bonchev–Trinajstić information content (AvgIpc) is 2.68. The van der Waals surface area contributed by atoms with Crippen molar-refractivity contribution in [1.82, 2.24) is 15.2 Å². The van der Waals surface area contributed by atoms with Crippen LogP contribution in [0.1, 0.15) is 12.5 Å². The maximum absolute atomic E-state index is 12.5. The second-order valence-corrected chi connectivity index (χ2v) is 10.2. The highest BCUT2D eigenvalue weighted by molar-refractivity contribution is 8.00. The molecule has 2 rings (SSSR count). The van der Waals surface area contributed by atoms with Gasteiger partial charge in [0.25, 0.3) is 11.8 Å². The van der Waals surface area contributed by atoms with Crippen LogP contribution in [-0.2, 0) is 19.6 Å². The van der Waals surface area contributed by atoms with Crippen LogP contribution in [0.2, 0.25) is 5.02 Å². The van der Waals surface area contributed by atoms with Gasteiger partial charge in [0, 0.05) is 17.0 Å². The van der Waals surface area contributed by atoms with Gasteiger partial charge in [-0.05, 0) is 50.2 Å². The minimum atomic E-state index is -3.85. The maximum atomic E-state index is 12.5. The fourth-order valence-electron chi connectivity index (χ4n) is 2.22. The predicted molar refractivity (Wildman–Crippen MR) is 114 cm³/mol. The summed E-state index contributed by atoms with van der Waals surface area (Å²) >= 11 is 7.11. The lowest BCUT2D eigenvalue weighted by molar-refractivity contribution is -0.128. The van der Waals surface area contributed by atoms with E-state index in [4.69, 9.17) is 11.6 Å². The maximum Gasteiger partial charge on any atom is 0.253 e. The number of thioether (sulfide) groups is 1. The standard InChI is InChI=1S/C19H22ClN3O4S2/c1-13-4-8-16(9-5-13)28-14(2)19(25)22-21-18(24)12-23(3)29(26,27)17-10-6-15(20)7-11-17/h4-11,14H,12H2,1-3H3,(H,21,24)(H,22,25)/t14-/m0/s1. The molecule has 2 amide bonds. The van der Waals surface area contributed by atoms with E-state index in [2.05, 4.69) is 10.9 Å². The van der Waals surface area contributed by atoms with Crippen molar-refractivity contribution in [2.75, 3.05) is 13.6 Å². The molecule has 0 saturated heterocycles. The number of carbonyl (C=O) groups is 2. The number of likely N-dealkylation sites (N-methyl/N-ethyl adjacent to an activating group) is 1. The number of nitrogens with zero attached hydrogens (tertiary/aromatic N) is 1. The number of aryl methyl sites for hydroxylation is 1. The van der Waals surface area contributed by atoms with Gasteiger partial charge < -0.3 is 0 Å². The SMILES string of the molecule is Cc1ccc(S[C@@H](C)C(=O)NNC(=O)CN(C)S(=O)(=O)c2ccc(Cl)cc2)cc1. The Morgan fingerprint density at radius 1 is 1.07 bits per heavy atom. The van der Waals surface area contributed by atoms with Crippen LogP contribution in [0, 0.1) is 6.92 Å². The highest BCUT2D eigenvalue weighted by Gasteiger charge is 2.23. The van der Waals surface area contributed by atoms with E-state index in [1.54, 1.807) is 6.92 Å². The molecule has 0 fully saturated rings. The lowest BCUT2D eigenvalue weighted by Gasteiger charge is -2.18. The van der Waals surface area contributed by atoms with Gasteiger partial charge in [0.05, 0.1) is 16.7 Å². The monoisotopic (exact) mass is 455 g/mol. The first kappa shape index (κ1) is 23.2. The molecule has 2 N–H and O–H groups in total. The van der Waals surface area contributed by atoms with Crippen molar-refractivity contribution < 1.29 is 18.0 Å². The topological polar surface area (TPSA) is 95.6 Å². The zero-order valence-corrected chi connectivity index (χ0v) is 18.6. The van der Waals surface area contributed by atoms with Crippen molar-refractivity contribution in [3.8, 4) is 0 Å². The molecule has 0 aliphatic heterocycles. The van der Waals surface area contributed by atoms with Crippen LogP contribution in [0.3, 0.4) is 0 Å². The minimum absolute atomic E-state index is 0.0179. The van der Waals surface area contributed by atoms with Gasteiger partial charge >= 0.3 is 0 Å². The molecule has 29 heavy (non-hydrogen) atoms. The number of carbonyl (C=O) groups excluding carboxylic acids is 2.